The lowest BCUT2D eigenvalue weighted by Crippen LogP contribution is -2.32. The van der Waals surface area contributed by atoms with Crippen molar-refractivity contribution in [2.75, 3.05) is 17.3 Å². The highest BCUT2D eigenvalue weighted by molar-refractivity contribution is 6.46. The average Bonchev–Trinajstić information content (AvgIpc) is 3.02. The molecule has 0 radical (unpaired) electrons. The van der Waals surface area contributed by atoms with Crippen molar-refractivity contribution in [3.63, 3.8) is 0 Å². The molecule has 0 aromatic heterocycles. The first kappa shape index (κ1) is 21.2. The molecule has 0 saturated heterocycles. The van der Waals surface area contributed by atoms with Gasteiger partial charge in [0.25, 0.3) is 11.8 Å². The third-order valence-electron chi connectivity index (χ3n) is 5.40. The number of nitrogens with one attached hydrogen (secondary N) is 1. The smallest absolute Gasteiger partial charge is 0.282 e. The number of anilines is 2. The SMILES string of the molecule is COc1ccccc1C1=C(Nc2ccc(F)c(F)c2)C(=O)N(c2ccc(C)c(C)c2)C1=O. The van der Waals surface area contributed by atoms with E-state index < -0.39 is 23.4 Å². The van der Waals surface area contributed by atoms with Gasteiger partial charge in [0, 0.05) is 17.3 Å². The lowest BCUT2D eigenvalue weighted by atomic mass is 10.0. The summed E-state index contributed by atoms with van der Waals surface area (Å²) in [7, 11) is 1.46. The predicted octanol–water partition coefficient (Wildman–Crippen LogP) is 4.99. The average molecular weight is 434 g/mol. The summed E-state index contributed by atoms with van der Waals surface area (Å²) in [6, 6.07) is 15.2. The van der Waals surface area contributed by atoms with E-state index in [-0.39, 0.29) is 17.0 Å². The van der Waals surface area contributed by atoms with Crippen LogP contribution in [0.25, 0.3) is 5.57 Å². The van der Waals surface area contributed by atoms with Gasteiger partial charge in [0.15, 0.2) is 11.6 Å². The van der Waals surface area contributed by atoms with Crippen molar-refractivity contribution in [2.45, 2.75) is 13.8 Å². The van der Waals surface area contributed by atoms with Gasteiger partial charge in [-0.2, -0.15) is 0 Å². The first-order valence-corrected chi connectivity index (χ1v) is 9.87. The molecule has 4 rings (SSSR count). The number of carbonyl (C=O) groups is 2. The van der Waals surface area contributed by atoms with E-state index in [2.05, 4.69) is 5.32 Å². The molecule has 1 aliphatic rings. The Kier molecular flexibility index (Phi) is 5.48. The number of rotatable bonds is 5. The summed E-state index contributed by atoms with van der Waals surface area (Å²) in [5, 5.41) is 2.82. The second kappa shape index (κ2) is 8.26. The van der Waals surface area contributed by atoms with E-state index >= 15 is 0 Å². The maximum Gasteiger partial charge on any atom is 0.282 e. The number of para-hydroxylation sites is 1. The monoisotopic (exact) mass is 434 g/mol. The number of benzene rings is 3. The molecule has 0 atom stereocenters. The van der Waals surface area contributed by atoms with Gasteiger partial charge in [0.05, 0.1) is 18.4 Å². The van der Waals surface area contributed by atoms with Gasteiger partial charge < -0.3 is 10.1 Å². The van der Waals surface area contributed by atoms with Crippen LogP contribution >= 0.6 is 0 Å². The molecule has 1 heterocycles. The number of aryl methyl sites for hydroxylation is 2. The number of amides is 2. The molecule has 0 saturated carbocycles. The fourth-order valence-corrected chi connectivity index (χ4v) is 3.56. The molecule has 7 heteroatoms. The highest BCUT2D eigenvalue weighted by Crippen LogP contribution is 2.37. The number of halogens is 2. The van der Waals surface area contributed by atoms with Crippen molar-refractivity contribution >= 4 is 28.8 Å². The second-order valence-electron chi connectivity index (χ2n) is 7.42. The first-order chi connectivity index (χ1) is 15.3. The van der Waals surface area contributed by atoms with Crippen molar-refractivity contribution in [3.05, 3.63) is 94.7 Å². The van der Waals surface area contributed by atoms with Crippen LogP contribution in [0.4, 0.5) is 20.2 Å². The zero-order chi connectivity index (χ0) is 23.0. The largest absolute Gasteiger partial charge is 0.496 e. The second-order valence-corrected chi connectivity index (χ2v) is 7.42. The van der Waals surface area contributed by atoms with Crippen molar-refractivity contribution in [2.24, 2.45) is 0 Å². The minimum Gasteiger partial charge on any atom is -0.496 e. The molecule has 1 N–H and O–H groups in total. The molecule has 0 unspecified atom stereocenters. The Morgan fingerprint density at radius 3 is 2.28 bits per heavy atom. The number of hydrogen-bond acceptors (Lipinski definition) is 4. The zero-order valence-electron chi connectivity index (χ0n) is 17.7. The van der Waals surface area contributed by atoms with Crippen LogP contribution in [0.3, 0.4) is 0 Å². The maximum atomic E-state index is 13.8. The van der Waals surface area contributed by atoms with Crippen LogP contribution in [0.15, 0.2) is 66.4 Å². The van der Waals surface area contributed by atoms with Gasteiger partial charge in [-0.05, 0) is 55.3 Å². The number of methoxy groups -OCH3 is 1. The van der Waals surface area contributed by atoms with Crippen LogP contribution in [0.1, 0.15) is 16.7 Å². The summed E-state index contributed by atoms with van der Waals surface area (Å²) < 4.78 is 32.6. The molecule has 162 valence electrons. The van der Waals surface area contributed by atoms with E-state index in [0.29, 0.717) is 17.0 Å². The molecular formula is C25H20F2N2O3. The molecule has 3 aromatic carbocycles. The topological polar surface area (TPSA) is 58.6 Å². The van der Waals surface area contributed by atoms with Crippen molar-refractivity contribution in [3.8, 4) is 5.75 Å². The quantitative estimate of drug-likeness (QED) is 0.575. The van der Waals surface area contributed by atoms with Crippen molar-refractivity contribution in [1.29, 1.82) is 0 Å². The fourth-order valence-electron chi connectivity index (χ4n) is 3.56. The summed E-state index contributed by atoms with van der Waals surface area (Å²) in [5.74, 6) is -2.84. The fraction of sp³-hybridized carbons (Fsp3) is 0.120. The van der Waals surface area contributed by atoms with E-state index in [1.807, 2.05) is 19.9 Å². The molecule has 3 aromatic rings. The van der Waals surface area contributed by atoms with Crippen LogP contribution in [-0.2, 0) is 9.59 Å². The third kappa shape index (κ3) is 3.62. The number of nitrogens with zero attached hydrogens (tertiary/aromatic N) is 1. The molecular weight excluding hydrogens is 414 g/mol. The third-order valence-corrected chi connectivity index (χ3v) is 5.40. The van der Waals surface area contributed by atoms with Gasteiger partial charge >= 0.3 is 0 Å². The summed E-state index contributed by atoms with van der Waals surface area (Å²) in [5.41, 5.74) is 2.92. The first-order valence-electron chi connectivity index (χ1n) is 9.87. The van der Waals surface area contributed by atoms with Crippen LogP contribution in [-0.4, -0.2) is 18.9 Å². The lowest BCUT2D eigenvalue weighted by Gasteiger charge is -2.17. The maximum absolute atomic E-state index is 13.8. The van der Waals surface area contributed by atoms with Crippen molar-refractivity contribution in [1.82, 2.24) is 0 Å². The van der Waals surface area contributed by atoms with Crippen molar-refractivity contribution < 1.29 is 23.1 Å². The molecule has 32 heavy (non-hydrogen) atoms. The predicted molar refractivity (Wildman–Crippen MR) is 118 cm³/mol. The molecule has 1 aliphatic heterocycles. The van der Waals surface area contributed by atoms with Crippen LogP contribution < -0.4 is 15.0 Å². The standard InChI is InChI=1S/C25H20F2N2O3/c1-14-8-10-17(12-15(14)2)29-24(30)22(18-6-4-5-7-21(18)32-3)23(25(29)31)28-16-9-11-19(26)20(27)13-16/h4-13,28H,1-3H3. The number of hydrogen-bond donors (Lipinski definition) is 1. The zero-order valence-corrected chi connectivity index (χ0v) is 17.7. The molecule has 0 spiro atoms. The van der Waals surface area contributed by atoms with Gasteiger partial charge in [-0.25, -0.2) is 13.7 Å². The minimum atomic E-state index is -1.07. The summed E-state index contributed by atoms with van der Waals surface area (Å²) >= 11 is 0. The Morgan fingerprint density at radius 2 is 1.59 bits per heavy atom. The van der Waals surface area contributed by atoms with Gasteiger partial charge in [-0.15, -0.1) is 0 Å². The van der Waals surface area contributed by atoms with Crippen LogP contribution in [0.2, 0.25) is 0 Å². The molecule has 2 amide bonds. The lowest BCUT2D eigenvalue weighted by molar-refractivity contribution is -0.120. The Bertz CT molecular complexity index is 1280. The van der Waals surface area contributed by atoms with E-state index in [0.717, 1.165) is 28.2 Å². The Labute approximate surface area is 183 Å². The number of ether oxygens (including phenoxy) is 1. The van der Waals surface area contributed by atoms with Gasteiger partial charge in [0.1, 0.15) is 11.4 Å². The molecule has 0 aliphatic carbocycles. The summed E-state index contributed by atoms with van der Waals surface area (Å²) in [4.78, 5) is 28.0. The molecule has 0 fully saturated rings. The molecule has 5 nitrogen and oxygen atoms in total. The Morgan fingerprint density at radius 1 is 0.844 bits per heavy atom. The number of carbonyl (C=O) groups excluding carboxylic acids is 2. The number of imide groups is 1. The van der Waals surface area contributed by atoms with Gasteiger partial charge in [-0.1, -0.05) is 24.3 Å². The highest BCUT2D eigenvalue weighted by Gasteiger charge is 2.41. The normalized spacial score (nSPS) is 13.7. The molecule has 0 bridgehead atoms. The highest BCUT2D eigenvalue weighted by atomic mass is 19.2. The minimum absolute atomic E-state index is 0.0521. The summed E-state index contributed by atoms with van der Waals surface area (Å²) in [6.45, 7) is 3.82. The van der Waals surface area contributed by atoms with Crippen LogP contribution in [0.5, 0.6) is 5.75 Å². The van der Waals surface area contributed by atoms with E-state index in [1.165, 1.54) is 13.2 Å². The van der Waals surface area contributed by atoms with Gasteiger partial charge in [0.2, 0.25) is 0 Å². The van der Waals surface area contributed by atoms with E-state index in [9.17, 15) is 18.4 Å². The van der Waals surface area contributed by atoms with E-state index in [1.54, 1.807) is 36.4 Å². The Hall–Kier alpha value is -4.00. The van der Waals surface area contributed by atoms with Gasteiger partial charge in [-0.3, -0.25) is 9.59 Å². The van der Waals surface area contributed by atoms with E-state index in [4.69, 9.17) is 4.74 Å². The Balaban J connectivity index is 1.87. The summed E-state index contributed by atoms with van der Waals surface area (Å²) in [6.07, 6.45) is 0. The van der Waals surface area contributed by atoms with Crippen LogP contribution in [0, 0.1) is 25.5 Å².